The lowest BCUT2D eigenvalue weighted by molar-refractivity contribution is 0.208. The third-order valence-corrected chi connectivity index (χ3v) is 3.96. The lowest BCUT2D eigenvalue weighted by Gasteiger charge is -2.24. The van der Waals surface area contributed by atoms with E-state index in [-0.39, 0.29) is 19.0 Å². The maximum absolute atomic E-state index is 14.1. The number of aliphatic hydroxyl groups excluding tert-OH is 1. The zero-order valence-electron chi connectivity index (χ0n) is 12.3. The van der Waals surface area contributed by atoms with E-state index in [2.05, 4.69) is 16.7 Å². The Morgan fingerprint density at radius 3 is 3.00 bits per heavy atom. The Morgan fingerprint density at radius 1 is 1.43 bits per heavy atom. The summed E-state index contributed by atoms with van der Waals surface area (Å²) in [6.45, 7) is 2.15. The van der Waals surface area contributed by atoms with Gasteiger partial charge in [-0.1, -0.05) is 17.9 Å². The molecule has 1 unspecified atom stereocenters. The SMILES string of the molecule is NCC#Cc1ccc(CN2CCCC2CCCO)c(F)c1. The van der Waals surface area contributed by atoms with Gasteiger partial charge in [0.15, 0.2) is 0 Å². The molecule has 1 heterocycles. The molecule has 114 valence electrons. The molecule has 1 aromatic carbocycles. The summed E-state index contributed by atoms with van der Waals surface area (Å²) in [4.78, 5) is 2.32. The van der Waals surface area contributed by atoms with Crippen molar-refractivity contribution >= 4 is 0 Å². The van der Waals surface area contributed by atoms with Gasteiger partial charge in [-0.15, -0.1) is 0 Å². The van der Waals surface area contributed by atoms with Gasteiger partial charge in [0, 0.05) is 30.3 Å². The van der Waals surface area contributed by atoms with Crippen LogP contribution in [0.4, 0.5) is 4.39 Å². The highest BCUT2D eigenvalue weighted by molar-refractivity contribution is 5.37. The average molecular weight is 290 g/mol. The molecular formula is C17H23FN2O. The van der Waals surface area contributed by atoms with Gasteiger partial charge in [-0.05, 0) is 44.4 Å². The van der Waals surface area contributed by atoms with E-state index < -0.39 is 0 Å². The second kappa shape index (κ2) is 8.14. The fraction of sp³-hybridized carbons (Fsp3) is 0.529. The minimum Gasteiger partial charge on any atom is -0.396 e. The van der Waals surface area contributed by atoms with E-state index in [1.54, 1.807) is 0 Å². The lowest BCUT2D eigenvalue weighted by atomic mass is 10.1. The Labute approximate surface area is 125 Å². The molecule has 4 heteroatoms. The third-order valence-electron chi connectivity index (χ3n) is 3.96. The molecule has 1 saturated heterocycles. The van der Waals surface area contributed by atoms with Gasteiger partial charge < -0.3 is 10.8 Å². The molecule has 0 radical (unpaired) electrons. The maximum atomic E-state index is 14.1. The second-order valence-electron chi connectivity index (χ2n) is 5.44. The fourth-order valence-electron chi connectivity index (χ4n) is 2.88. The largest absolute Gasteiger partial charge is 0.396 e. The number of hydrogen-bond donors (Lipinski definition) is 2. The summed E-state index contributed by atoms with van der Waals surface area (Å²) in [7, 11) is 0. The van der Waals surface area contributed by atoms with Crippen LogP contribution in [0.25, 0.3) is 0 Å². The van der Waals surface area contributed by atoms with Crippen LogP contribution in [0.3, 0.4) is 0 Å². The number of hydrogen-bond acceptors (Lipinski definition) is 3. The summed E-state index contributed by atoms with van der Waals surface area (Å²) in [6, 6.07) is 5.61. The first kappa shape index (κ1) is 16.0. The monoisotopic (exact) mass is 290 g/mol. The predicted octanol–water partition coefficient (Wildman–Crippen LogP) is 1.87. The van der Waals surface area contributed by atoms with E-state index >= 15 is 0 Å². The van der Waals surface area contributed by atoms with E-state index in [0.717, 1.165) is 32.2 Å². The van der Waals surface area contributed by atoms with Crippen molar-refractivity contribution in [3.63, 3.8) is 0 Å². The van der Waals surface area contributed by atoms with E-state index in [1.807, 2.05) is 12.1 Å². The number of nitrogens with zero attached hydrogens (tertiary/aromatic N) is 1. The highest BCUT2D eigenvalue weighted by Crippen LogP contribution is 2.24. The third kappa shape index (κ3) is 4.53. The molecule has 3 N–H and O–H groups in total. The smallest absolute Gasteiger partial charge is 0.128 e. The van der Waals surface area contributed by atoms with Crippen LogP contribution >= 0.6 is 0 Å². The first-order chi connectivity index (χ1) is 10.2. The molecule has 3 nitrogen and oxygen atoms in total. The fourth-order valence-corrected chi connectivity index (χ4v) is 2.88. The highest BCUT2D eigenvalue weighted by atomic mass is 19.1. The van der Waals surface area contributed by atoms with Crippen molar-refractivity contribution in [2.45, 2.75) is 38.3 Å². The van der Waals surface area contributed by atoms with Gasteiger partial charge in [-0.2, -0.15) is 0 Å². The van der Waals surface area contributed by atoms with Crippen molar-refractivity contribution in [3.05, 3.63) is 35.1 Å². The Hall–Kier alpha value is -1.41. The second-order valence-corrected chi connectivity index (χ2v) is 5.44. The molecule has 1 aliphatic heterocycles. The molecule has 1 aliphatic rings. The van der Waals surface area contributed by atoms with Gasteiger partial charge in [-0.3, -0.25) is 4.90 Å². The van der Waals surface area contributed by atoms with Crippen LogP contribution in [0, 0.1) is 17.7 Å². The van der Waals surface area contributed by atoms with E-state index in [1.165, 1.54) is 6.07 Å². The van der Waals surface area contributed by atoms with Crippen LogP contribution in [0.2, 0.25) is 0 Å². The van der Waals surface area contributed by atoms with Crippen molar-refractivity contribution < 1.29 is 9.50 Å². The van der Waals surface area contributed by atoms with Gasteiger partial charge in [0.1, 0.15) is 5.82 Å². The average Bonchev–Trinajstić information content (AvgIpc) is 2.92. The molecule has 0 bridgehead atoms. The van der Waals surface area contributed by atoms with Crippen LogP contribution < -0.4 is 5.73 Å². The van der Waals surface area contributed by atoms with Crippen LogP contribution in [-0.2, 0) is 6.54 Å². The summed E-state index contributed by atoms with van der Waals surface area (Å²) in [6.07, 6.45) is 4.09. The van der Waals surface area contributed by atoms with E-state index in [0.29, 0.717) is 23.7 Å². The molecule has 0 aromatic heterocycles. The van der Waals surface area contributed by atoms with Crippen molar-refractivity contribution in [3.8, 4) is 11.8 Å². The predicted molar refractivity (Wildman–Crippen MR) is 82.1 cm³/mol. The number of aliphatic hydroxyl groups is 1. The zero-order valence-corrected chi connectivity index (χ0v) is 12.3. The number of nitrogens with two attached hydrogens (primary N) is 1. The first-order valence-corrected chi connectivity index (χ1v) is 7.57. The Bertz CT molecular complexity index is 521. The van der Waals surface area contributed by atoms with Crippen molar-refractivity contribution in [1.82, 2.24) is 4.90 Å². The normalized spacial score (nSPS) is 18.5. The van der Waals surface area contributed by atoms with E-state index in [4.69, 9.17) is 10.8 Å². The zero-order chi connectivity index (χ0) is 15.1. The molecule has 0 amide bonds. The highest BCUT2D eigenvalue weighted by Gasteiger charge is 2.24. The summed E-state index contributed by atoms with van der Waals surface area (Å²) < 4.78 is 14.1. The van der Waals surface area contributed by atoms with Gasteiger partial charge >= 0.3 is 0 Å². The topological polar surface area (TPSA) is 49.5 Å². The molecule has 21 heavy (non-hydrogen) atoms. The van der Waals surface area contributed by atoms with Crippen LogP contribution in [-0.4, -0.2) is 35.7 Å². The van der Waals surface area contributed by atoms with Crippen molar-refractivity contribution in [2.75, 3.05) is 19.7 Å². The van der Waals surface area contributed by atoms with Crippen LogP contribution in [0.5, 0.6) is 0 Å². The number of benzene rings is 1. The molecule has 1 aromatic rings. The van der Waals surface area contributed by atoms with Crippen LogP contribution in [0.1, 0.15) is 36.8 Å². The molecule has 0 saturated carbocycles. The maximum Gasteiger partial charge on any atom is 0.128 e. The number of halogens is 1. The minimum absolute atomic E-state index is 0.202. The van der Waals surface area contributed by atoms with Gasteiger partial charge in [0.2, 0.25) is 0 Å². The Morgan fingerprint density at radius 2 is 2.29 bits per heavy atom. The minimum atomic E-state index is -0.202. The summed E-state index contributed by atoms with van der Waals surface area (Å²) >= 11 is 0. The quantitative estimate of drug-likeness (QED) is 0.814. The van der Waals surface area contributed by atoms with E-state index in [9.17, 15) is 4.39 Å². The molecule has 0 aliphatic carbocycles. The van der Waals surface area contributed by atoms with Crippen molar-refractivity contribution in [2.24, 2.45) is 5.73 Å². The molecule has 0 spiro atoms. The standard InChI is InChI=1S/C17H23FN2O/c18-17-12-14(4-1-9-19)7-8-15(17)13-20-10-2-5-16(20)6-3-11-21/h7-8,12,16,21H,2-3,5-6,9-11,13,19H2. The summed E-state index contributed by atoms with van der Waals surface area (Å²) in [5.41, 5.74) is 6.70. The van der Waals surface area contributed by atoms with Crippen molar-refractivity contribution in [1.29, 1.82) is 0 Å². The first-order valence-electron chi connectivity index (χ1n) is 7.57. The Kier molecular flexibility index (Phi) is 6.19. The summed E-state index contributed by atoms with van der Waals surface area (Å²) in [5, 5.41) is 8.95. The molecule has 1 fully saturated rings. The van der Waals surface area contributed by atoms with Gasteiger partial charge in [-0.25, -0.2) is 4.39 Å². The lowest BCUT2D eigenvalue weighted by Crippen LogP contribution is -2.29. The molecule has 1 atom stereocenters. The number of rotatable bonds is 5. The van der Waals surface area contributed by atoms with Gasteiger partial charge in [0.05, 0.1) is 6.54 Å². The van der Waals surface area contributed by atoms with Gasteiger partial charge in [0.25, 0.3) is 0 Å². The molecule has 2 rings (SSSR count). The Balaban J connectivity index is 2.02. The molecular weight excluding hydrogens is 267 g/mol. The summed E-state index contributed by atoms with van der Waals surface area (Å²) in [5.74, 6) is 5.38. The number of likely N-dealkylation sites (tertiary alicyclic amines) is 1. The van der Waals surface area contributed by atoms with Crippen LogP contribution in [0.15, 0.2) is 18.2 Å².